The predicted octanol–water partition coefficient (Wildman–Crippen LogP) is 10.1. The number of hydrogen-bond acceptors (Lipinski definition) is 4. The van der Waals surface area contributed by atoms with E-state index in [9.17, 15) is 4.57 Å². The lowest BCUT2D eigenvalue weighted by Crippen LogP contribution is -2.24. The lowest BCUT2D eigenvalue weighted by atomic mass is 10.0. The summed E-state index contributed by atoms with van der Waals surface area (Å²) in [5.41, 5.74) is 4.86. The number of nitrogens with zero attached hydrogens (tertiary/aromatic N) is 2. The molecule has 6 aromatic carbocycles. The summed E-state index contributed by atoms with van der Waals surface area (Å²) in [5, 5.41) is 8.19. The summed E-state index contributed by atoms with van der Waals surface area (Å²) in [6.07, 6.45) is 1.95. The molecule has 3 nitrogen and oxygen atoms in total. The highest BCUT2D eigenvalue weighted by Crippen LogP contribution is 2.44. The molecule has 0 saturated carbocycles. The van der Waals surface area contributed by atoms with Gasteiger partial charge in [-0.05, 0) is 46.7 Å². The maximum Gasteiger partial charge on any atom is 0.171 e. The third-order valence-corrected chi connectivity index (χ3v) is 13.2. The van der Waals surface area contributed by atoms with Crippen molar-refractivity contribution >= 4 is 76.2 Å². The van der Waals surface area contributed by atoms with Crippen LogP contribution in [-0.4, -0.2) is 9.97 Å². The van der Waals surface area contributed by atoms with Crippen molar-refractivity contribution in [1.29, 1.82) is 0 Å². The minimum Gasteiger partial charge on any atom is -0.309 e. The highest BCUT2D eigenvalue weighted by molar-refractivity contribution is 7.85. The van der Waals surface area contributed by atoms with Crippen molar-refractivity contribution in [3.63, 3.8) is 0 Å². The minimum absolute atomic E-state index is 0.830. The van der Waals surface area contributed by atoms with E-state index in [0.717, 1.165) is 60.1 Å². The molecule has 3 heterocycles. The van der Waals surface area contributed by atoms with Gasteiger partial charge in [0, 0.05) is 53.2 Å². The van der Waals surface area contributed by atoms with Crippen LogP contribution in [0.15, 0.2) is 164 Å². The summed E-state index contributed by atoms with van der Waals surface area (Å²) in [6.45, 7) is 0. The van der Waals surface area contributed by atoms with Crippen LogP contribution in [0.1, 0.15) is 0 Å². The number of pyridine rings is 2. The van der Waals surface area contributed by atoms with E-state index in [4.69, 9.17) is 9.97 Å². The fraction of sp³-hybridized carbons (Fsp3) is 0. The molecular weight excluding hydrogens is 612 g/mol. The summed E-state index contributed by atoms with van der Waals surface area (Å²) in [7, 11) is -3.04. The number of benzene rings is 6. The van der Waals surface area contributed by atoms with Crippen LogP contribution >= 0.6 is 18.5 Å². The van der Waals surface area contributed by atoms with Gasteiger partial charge in [-0.3, -0.25) is 4.98 Å². The predicted molar refractivity (Wildman–Crippen MR) is 200 cm³/mol. The molecule has 0 N–H and O–H groups in total. The zero-order valence-corrected chi connectivity index (χ0v) is 27.0. The van der Waals surface area contributed by atoms with E-state index in [1.807, 2.05) is 90.3 Å². The van der Waals surface area contributed by atoms with Crippen molar-refractivity contribution in [3.8, 4) is 22.5 Å². The van der Waals surface area contributed by atoms with Gasteiger partial charge in [0.25, 0.3) is 0 Å². The number of hydrogen-bond donors (Lipinski definition) is 0. The number of aromatic nitrogens is 2. The molecule has 0 spiro atoms. The molecule has 0 amide bonds. The first kappa shape index (κ1) is 27.9. The van der Waals surface area contributed by atoms with Crippen molar-refractivity contribution in [2.45, 2.75) is 0 Å². The molecule has 0 aliphatic heterocycles. The van der Waals surface area contributed by atoms with E-state index >= 15 is 0 Å². The molecule has 0 aliphatic rings. The second-order valence-corrected chi connectivity index (χ2v) is 15.6. The van der Waals surface area contributed by atoms with Crippen molar-refractivity contribution in [3.05, 3.63) is 164 Å². The topological polar surface area (TPSA) is 42.9 Å². The molecule has 0 fully saturated rings. The van der Waals surface area contributed by atoms with E-state index in [0.29, 0.717) is 0 Å². The zero-order valence-electron chi connectivity index (χ0n) is 25.2. The van der Waals surface area contributed by atoms with Crippen LogP contribution in [0, 0.1) is 0 Å². The zero-order chi connectivity index (χ0) is 31.4. The van der Waals surface area contributed by atoms with Gasteiger partial charge in [0.1, 0.15) is 0 Å². The summed E-state index contributed by atoms with van der Waals surface area (Å²) in [4.78, 5) is 10.1. The molecule has 9 rings (SSSR count). The van der Waals surface area contributed by atoms with Gasteiger partial charge >= 0.3 is 0 Å². The van der Waals surface area contributed by atoms with Crippen molar-refractivity contribution in [1.82, 2.24) is 9.97 Å². The number of rotatable bonds is 5. The van der Waals surface area contributed by atoms with E-state index < -0.39 is 7.14 Å². The first-order chi connectivity index (χ1) is 23.2. The van der Waals surface area contributed by atoms with Crippen LogP contribution < -0.4 is 15.9 Å². The molecule has 9 aromatic rings. The van der Waals surface area contributed by atoms with Crippen molar-refractivity contribution in [2.75, 3.05) is 0 Å². The molecule has 0 unspecified atom stereocenters. The monoisotopic (exact) mass is 638 g/mol. The average molecular weight is 639 g/mol. The second-order valence-electron chi connectivity index (χ2n) is 11.7. The Kier molecular flexibility index (Phi) is 6.60. The second kappa shape index (κ2) is 11.1. The first-order valence-electron chi connectivity index (χ1n) is 15.6. The third kappa shape index (κ3) is 4.60. The summed E-state index contributed by atoms with van der Waals surface area (Å²) < 4.78 is 17.4. The number of para-hydroxylation sites is 1. The fourth-order valence-corrected chi connectivity index (χ4v) is 10.6. The quantitative estimate of drug-likeness (QED) is 0.176. The van der Waals surface area contributed by atoms with Gasteiger partial charge in [0.15, 0.2) is 7.14 Å². The third-order valence-electron chi connectivity index (χ3n) is 8.98. The van der Waals surface area contributed by atoms with Crippen molar-refractivity contribution in [2.24, 2.45) is 0 Å². The number of fused-ring (bicyclic) bond motifs is 6. The molecule has 0 bridgehead atoms. The van der Waals surface area contributed by atoms with Crippen LogP contribution in [0.5, 0.6) is 0 Å². The van der Waals surface area contributed by atoms with Crippen LogP contribution in [0.25, 0.3) is 64.4 Å². The van der Waals surface area contributed by atoms with Crippen LogP contribution in [0.4, 0.5) is 0 Å². The summed E-state index contributed by atoms with van der Waals surface area (Å²) in [6, 6.07) is 53.4. The smallest absolute Gasteiger partial charge is 0.171 e. The lowest BCUT2D eigenvalue weighted by Gasteiger charge is -2.20. The van der Waals surface area contributed by atoms with E-state index in [-0.39, 0.29) is 0 Å². The van der Waals surface area contributed by atoms with Gasteiger partial charge in [-0.2, -0.15) is 0 Å². The molecule has 0 aliphatic carbocycles. The van der Waals surface area contributed by atoms with Gasteiger partial charge in [0.05, 0.1) is 16.9 Å². The Labute approximate surface area is 276 Å². The summed E-state index contributed by atoms with van der Waals surface area (Å²) >= 11 is 1.82. The molecule has 222 valence electrons. The number of thiophene rings is 1. The Morgan fingerprint density at radius 2 is 1.17 bits per heavy atom. The highest BCUT2D eigenvalue weighted by atomic mass is 32.1. The Morgan fingerprint density at radius 3 is 1.91 bits per heavy atom. The molecule has 0 atom stereocenters. The van der Waals surface area contributed by atoms with E-state index in [2.05, 4.69) is 84.9 Å². The summed E-state index contributed by atoms with van der Waals surface area (Å²) in [5.74, 6) is 0. The molecular formula is C42H27N2OPS. The van der Waals surface area contributed by atoms with E-state index in [1.54, 1.807) is 0 Å². The van der Waals surface area contributed by atoms with Crippen LogP contribution in [0.3, 0.4) is 0 Å². The van der Waals surface area contributed by atoms with Crippen LogP contribution in [-0.2, 0) is 4.57 Å². The normalized spacial score (nSPS) is 11.9. The van der Waals surface area contributed by atoms with Crippen LogP contribution in [0.2, 0.25) is 0 Å². The van der Waals surface area contributed by atoms with Crippen molar-refractivity contribution < 1.29 is 4.57 Å². The average Bonchev–Trinajstić information content (AvgIpc) is 3.55. The molecule has 0 saturated heterocycles. The minimum atomic E-state index is -3.04. The van der Waals surface area contributed by atoms with Gasteiger partial charge in [-0.15, -0.1) is 11.3 Å². The van der Waals surface area contributed by atoms with Gasteiger partial charge in [-0.1, -0.05) is 127 Å². The largest absolute Gasteiger partial charge is 0.309 e. The van der Waals surface area contributed by atoms with E-state index in [1.165, 1.54) is 20.2 Å². The highest BCUT2D eigenvalue weighted by Gasteiger charge is 2.29. The first-order valence-corrected chi connectivity index (χ1v) is 18.1. The Balaban J connectivity index is 1.11. The maximum absolute atomic E-state index is 14.9. The maximum atomic E-state index is 14.9. The Morgan fingerprint density at radius 1 is 0.532 bits per heavy atom. The Bertz CT molecular complexity index is 2610. The molecule has 47 heavy (non-hydrogen) atoms. The lowest BCUT2D eigenvalue weighted by molar-refractivity contribution is 0.592. The molecule has 3 aromatic heterocycles. The molecule has 0 radical (unpaired) electrons. The fourth-order valence-electron chi connectivity index (χ4n) is 6.63. The Hall–Kier alpha value is -5.41. The van der Waals surface area contributed by atoms with Gasteiger partial charge in [-0.25, -0.2) is 4.98 Å². The SMILES string of the molecule is O=P(c1ccccc1)(c1ccccc1)c1ccc2cc(-c3ccc(-c4nc5ccccc5c5sc6ccccc6c45)nc3)ccc2c1. The van der Waals surface area contributed by atoms with Gasteiger partial charge < -0.3 is 4.57 Å². The molecule has 5 heteroatoms. The standard InChI is InChI=1S/C42H27N2OPS/c45-46(32-11-3-1-4-12-32,33-13-5-2-6-14-33)34-23-21-28-25-29(19-20-30(28)26-34)31-22-24-38(43-27-31)41-40-36-16-8-10-18-39(36)47-42(40)35-15-7-9-17-37(35)44-41/h1-27H. The van der Waals surface area contributed by atoms with Gasteiger partial charge in [0.2, 0.25) is 0 Å².